The fourth-order valence-electron chi connectivity index (χ4n) is 3.12. The zero-order chi connectivity index (χ0) is 10.0. The fourth-order valence-corrected chi connectivity index (χ4v) is 3.12. The second kappa shape index (κ2) is 3.89. The lowest BCUT2D eigenvalue weighted by Gasteiger charge is -2.37. The molecule has 0 spiro atoms. The van der Waals surface area contributed by atoms with Crippen LogP contribution in [0.4, 0.5) is 0 Å². The van der Waals surface area contributed by atoms with Crippen molar-refractivity contribution in [2.24, 2.45) is 11.7 Å². The molecule has 3 N–H and O–H groups in total. The molecule has 2 rings (SSSR count). The maximum Gasteiger partial charge on any atom is 0.238 e. The molecule has 80 valence electrons. The molecule has 3 heteroatoms. The minimum atomic E-state index is -0.347. The summed E-state index contributed by atoms with van der Waals surface area (Å²) in [5.74, 6) is 0.373. The zero-order valence-electron chi connectivity index (χ0n) is 8.72. The minimum Gasteiger partial charge on any atom is -0.368 e. The molecular formula is C11H20N2O. The van der Waals surface area contributed by atoms with Crippen molar-refractivity contribution < 1.29 is 4.79 Å². The van der Waals surface area contributed by atoms with Gasteiger partial charge in [-0.25, -0.2) is 0 Å². The summed E-state index contributed by atoms with van der Waals surface area (Å²) in [4.78, 5) is 11.6. The van der Waals surface area contributed by atoms with Gasteiger partial charge in [-0.15, -0.1) is 0 Å². The molecule has 0 radical (unpaired) electrons. The molecule has 0 unspecified atom stereocenters. The summed E-state index contributed by atoms with van der Waals surface area (Å²) in [6.45, 7) is 0.958. The Labute approximate surface area is 85.4 Å². The summed E-state index contributed by atoms with van der Waals surface area (Å²) in [5, 5.41) is 3.36. The Kier molecular flexibility index (Phi) is 2.77. The third-order valence-corrected chi connectivity index (χ3v) is 3.93. The van der Waals surface area contributed by atoms with Crippen LogP contribution in [0.5, 0.6) is 0 Å². The first-order valence-electron chi connectivity index (χ1n) is 5.81. The quantitative estimate of drug-likeness (QED) is 0.696. The number of nitrogens with two attached hydrogens (primary N) is 1. The predicted molar refractivity (Wildman–Crippen MR) is 55.7 cm³/mol. The van der Waals surface area contributed by atoms with Crippen LogP contribution in [0.2, 0.25) is 0 Å². The van der Waals surface area contributed by atoms with Gasteiger partial charge in [0.25, 0.3) is 0 Å². The van der Waals surface area contributed by atoms with Crippen molar-refractivity contribution in [3.8, 4) is 0 Å². The highest BCUT2D eigenvalue weighted by molar-refractivity contribution is 5.85. The SMILES string of the molecule is NC(=O)[C@@]1(C2CCCCC2)CCCN1. The molecule has 2 fully saturated rings. The molecule has 1 amide bonds. The number of rotatable bonds is 2. The Balaban J connectivity index is 2.12. The van der Waals surface area contributed by atoms with Gasteiger partial charge in [0.05, 0.1) is 0 Å². The van der Waals surface area contributed by atoms with E-state index in [2.05, 4.69) is 5.32 Å². The van der Waals surface area contributed by atoms with E-state index in [1.54, 1.807) is 0 Å². The van der Waals surface area contributed by atoms with Gasteiger partial charge in [0.15, 0.2) is 0 Å². The van der Waals surface area contributed by atoms with Crippen molar-refractivity contribution in [1.82, 2.24) is 5.32 Å². The molecule has 14 heavy (non-hydrogen) atoms. The first-order valence-corrected chi connectivity index (χ1v) is 5.81. The van der Waals surface area contributed by atoms with Crippen LogP contribution >= 0.6 is 0 Å². The van der Waals surface area contributed by atoms with Gasteiger partial charge in [0.2, 0.25) is 5.91 Å². The highest BCUT2D eigenvalue weighted by atomic mass is 16.1. The predicted octanol–water partition coefficient (Wildman–Crippen LogP) is 1.17. The van der Waals surface area contributed by atoms with Gasteiger partial charge in [0.1, 0.15) is 5.54 Å². The smallest absolute Gasteiger partial charge is 0.238 e. The van der Waals surface area contributed by atoms with Gasteiger partial charge >= 0.3 is 0 Å². The van der Waals surface area contributed by atoms with Crippen molar-refractivity contribution in [2.75, 3.05) is 6.54 Å². The lowest BCUT2D eigenvalue weighted by Crippen LogP contribution is -2.57. The van der Waals surface area contributed by atoms with Crippen LogP contribution in [0.15, 0.2) is 0 Å². The molecule has 3 nitrogen and oxygen atoms in total. The molecule has 0 aromatic carbocycles. The second-order valence-electron chi connectivity index (χ2n) is 4.70. The Morgan fingerprint density at radius 1 is 1.21 bits per heavy atom. The second-order valence-corrected chi connectivity index (χ2v) is 4.70. The maximum absolute atomic E-state index is 11.6. The van der Waals surface area contributed by atoms with E-state index >= 15 is 0 Å². The number of amides is 1. The summed E-state index contributed by atoms with van der Waals surface area (Å²) in [6.07, 6.45) is 8.26. The van der Waals surface area contributed by atoms with E-state index < -0.39 is 0 Å². The fraction of sp³-hybridized carbons (Fsp3) is 0.909. The molecule has 1 saturated heterocycles. The van der Waals surface area contributed by atoms with Crippen molar-refractivity contribution >= 4 is 5.91 Å². The Morgan fingerprint density at radius 2 is 1.93 bits per heavy atom. The van der Waals surface area contributed by atoms with Crippen LogP contribution in [-0.2, 0) is 4.79 Å². The normalized spacial score (nSPS) is 34.6. The molecule has 1 aliphatic carbocycles. The summed E-state index contributed by atoms with van der Waals surface area (Å²) in [5.41, 5.74) is 5.22. The average molecular weight is 196 g/mol. The van der Waals surface area contributed by atoms with Crippen molar-refractivity contribution in [3.63, 3.8) is 0 Å². The zero-order valence-corrected chi connectivity index (χ0v) is 8.72. The topological polar surface area (TPSA) is 55.1 Å². The van der Waals surface area contributed by atoms with E-state index in [1.165, 1.54) is 32.1 Å². The Hall–Kier alpha value is -0.570. The summed E-state index contributed by atoms with van der Waals surface area (Å²) in [7, 11) is 0. The van der Waals surface area contributed by atoms with Crippen molar-refractivity contribution in [2.45, 2.75) is 50.5 Å². The molecule has 1 heterocycles. The number of hydrogen-bond donors (Lipinski definition) is 2. The molecule has 0 bridgehead atoms. The largest absolute Gasteiger partial charge is 0.368 e. The maximum atomic E-state index is 11.6. The minimum absolute atomic E-state index is 0.123. The van der Waals surface area contributed by atoms with E-state index in [0.29, 0.717) is 5.92 Å². The van der Waals surface area contributed by atoms with E-state index in [9.17, 15) is 4.79 Å². The number of primary amides is 1. The molecule has 2 aliphatic rings. The lowest BCUT2D eigenvalue weighted by atomic mass is 9.73. The lowest BCUT2D eigenvalue weighted by molar-refractivity contribution is -0.126. The van der Waals surface area contributed by atoms with Gasteiger partial charge in [-0.05, 0) is 38.1 Å². The molecule has 0 aromatic heterocycles. The van der Waals surface area contributed by atoms with Crippen LogP contribution in [0.25, 0.3) is 0 Å². The van der Waals surface area contributed by atoms with Gasteiger partial charge in [0, 0.05) is 0 Å². The van der Waals surface area contributed by atoms with E-state index in [1.807, 2.05) is 0 Å². The number of nitrogens with one attached hydrogen (secondary N) is 1. The van der Waals surface area contributed by atoms with Crippen LogP contribution in [0, 0.1) is 5.92 Å². The van der Waals surface area contributed by atoms with Gasteiger partial charge < -0.3 is 11.1 Å². The monoisotopic (exact) mass is 196 g/mol. The van der Waals surface area contributed by atoms with Gasteiger partial charge in [-0.2, -0.15) is 0 Å². The van der Waals surface area contributed by atoms with Crippen LogP contribution in [0.1, 0.15) is 44.9 Å². The highest BCUT2D eigenvalue weighted by Gasteiger charge is 2.45. The van der Waals surface area contributed by atoms with Crippen LogP contribution in [0.3, 0.4) is 0 Å². The highest BCUT2D eigenvalue weighted by Crippen LogP contribution is 2.37. The number of carbonyl (C=O) groups excluding carboxylic acids is 1. The first kappa shape index (κ1) is 9.97. The molecule has 1 aliphatic heterocycles. The van der Waals surface area contributed by atoms with Gasteiger partial charge in [-0.3, -0.25) is 4.79 Å². The number of carbonyl (C=O) groups is 1. The van der Waals surface area contributed by atoms with Crippen molar-refractivity contribution in [1.29, 1.82) is 0 Å². The standard InChI is InChI=1S/C11H20N2O/c12-10(14)11(7-4-8-13-11)9-5-2-1-3-6-9/h9,13H,1-8H2,(H2,12,14)/t11-/m0/s1. The third-order valence-electron chi connectivity index (χ3n) is 3.93. The Bertz CT molecular complexity index is 215. The van der Waals surface area contributed by atoms with Crippen LogP contribution < -0.4 is 11.1 Å². The van der Waals surface area contributed by atoms with Crippen molar-refractivity contribution in [3.05, 3.63) is 0 Å². The van der Waals surface area contributed by atoms with E-state index in [0.717, 1.165) is 19.4 Å². The first-order chi connectivity index (χ1) is 6.76. The molecule has 1 saturated carbocycles. The molecule has 0 aromatic rings. The summed E-state index contributed by atoms with van der Waals surface area (Å²) in [6, 6.07) is 0. The van der Waals surface area contributed by atoms with Crippen LogP contribution in [-0.4, -0.2) is 18.0 Å². The summed E-state index contributed by atoms with van der Waals surface area (Å²) >= 11 is 0. The Morgan fingerprint density at radius 3 is 2.43 bits per heavy atom. The van der Waals surface area contributed by atoms with Gasteiger partial charge in [-0.1, -0.05) is 19.3 Å². The van der Waals surface area contributed by atoms with E-state index in [-0.39, 0.29) is 11.4 Å². The average Bonchev–Trinajstić information content (AvgIpc) is 2.69. The summed E-state index contributed by atoms with van der Waals surface area (Å²) < 4.78 is 0. The molecule has 1 atom stereocenters. The van der Waals surface area contributed by atoms with E-state index in [4.69, 9.17) is 5.73 Å². The molecular weight excluding hydrogens is 176 g/mol. The third kappa shape index (κ3) is 1.54. The number of hydrogen-bond acceptors (Lipinski definition) is 2.